The van der Waals surface area contributed by atoms with Crippen molar-refractivity contribution in [2.24, 2.45) is 10.9 Å². The summed E-state index contributed by atoms with van der Waals surface area (Å²) in [5, 5.41) is 12.0. The molecule has 0 amide bonds. The van der Waals surface area contributed by atoms with Crippen LogP contribution in [0.2, 0.25) is 0 Å². The van der Waals surface area contributed by atoms with E-state index in [2.05, 4.69) is 30.0 Å². The third kappa shape index (κ3) is 2.07. The molecule has 4 heteroatoms. The van der Waals surface area contributed by atoms with Gasteiger partial charge in [-0.2, -0.15) is 0 Å². The number of benzene rings is 1. The summed E-state index contributed by atoms with van der Waals surface area (Å²) < 4.78 is 0. The van der Waals surface area contributed by atoms with E-state index in [9.17, 15) is 0 Å². The molecule has 1 heterocycles. The minimum Gasteiger partial charge on any atom is -0.409 e. The van der Waals surface area contributed by atoms with E-state index in [4.69, 9.17) is 10.9 Å². The van der Waals surface area contributed by atoms with Gasteiger partial charge in [-0.25, -0.2) is 0 Å². The summed E-state index contributed by atoms with van der Waals surface area (Å²) in [6.07, 6.45) is 2.40. The number of nitrogens with zero attached hydrogens (tertiary/aromatic N) is 2. The predicted octanol–water partition coefficient (Wildman–Crippen LogP) is 2.08. The van der Waals surface area contributed by atoms with Gasteiger partial charge in [-0.1, -0.05) is 17.3 Å². The molecule has 2 rings (SSSR count). The number of amidine groups is 1. The van der Waals surface area contributed by atoms with E-state index in [0.717, 1.165) is 17.8 Å². The van der Waals surface area contributed by atoms with E-state index in [-0.39, 0.29) is 5.84 Å². The van der Waals surface area contributed by atoms with Crippen LogP contribution in [0.4, 0.5) is 5.69 Å². The first-order valence-electron chi connectivity index (χ1n) is 5.99. The van der Waals surface area contributed by atoms with Crippen molar-refractivity contribution >= 4 is 11.5 Å². The lowest BCUT2D eigenvalue weighted by molar-refractivity contribution is 0.318. The molecule has 3 N–H and O–H groups in total. The Morgan fingerprint density at radius 1 is 1.53 bits per heavy atom. The fourth-order valence-corrected chi connectivity index (χ4v) is 2.57. The molecule has 0 aliphatic carbocycles. The number of para-hydroxylation sites is 1. The third-order valence-corrected chi connectivity index (χ3v) is 3.46. The van der Waals surface area contributed by atoms with Gasteiger partial charge in [-0.3, -0.25) is 0 Å². The first-order valence-corrected chi connectivity index (χ1v) is 5.99. The molecule has 1 aromatic rings. The lowest BCUT2D eigenvalue weighted by Gasteiger charge is -2.27. The largest absolute Gasteiger partial charge is 0.409 e. The molecule has 17 heavy (non-hydrogen) atoms. The normalized spacial score (nSPS) is 20.9. The number of anilines is 1. The molecule has 1 fully saturated rings. The summed E-state index contributed by atoms with van der Waals surface area (Å²) in [5.74, 6) is 0.183. The van der Waals surface area contributed by atoms with Crippen LogP contribution in [0.3, 0.4) is 0 Å². The molecule has 1 unspecified atom stereocenters. The van der Waals surface area contributed by atoms with Gasteiger partial charge in [0.05, 0.1) is 5.69 Å². The Morgan fingerprint density at radius 2 is 2.29 bits per heavy atom. The van der Waals surface area contributed by atoms with Crippen molar-refractivity contribution in [3.8, 4) is 0 Å². The van der Waals surface area contributed by atoms with Crippen LogP contribution < -0.4 is 10.6 Å². The van der Waals surface area contributed by atoms with Crippen LogP contribution >= 0.6 is 0 Å². The molecule has 0 bridgehead atoms. The van der Waals surface area contributed by atoms with Gasteiger partial charge in [-0.05, 0) is 38.3 Å². The molecule has 92 valence electrons. The zero-order valence-electron chi connectivity index (χ0n) is 10.3. The highest BCUT2D eigenvalue weighted by Gasteiger charge is 2.24. The molecule has 1 saturated heterocycles. The van der Waals surface area contributed by atoms with Gasteiger partial charge in [0.25, 0.3) is 0 Å². The summed E-state index contributed by atoms with van der Waals surface area (Å²) >= 11 is 0. The summed E-state index contributed by atoms with van der Waals surface area (Å²) in [7, 11) is 0. The Hall–Kier alpha value is -1.71. The Balaban J connectivity index is 2.51. The lowest BCUT2D eigenvalue weighted by atomic mass is 10.1. The van der Waals surface area contributed by atoms with Gasteiger partial charge in [-0.15, -0.1) is 0 Å². The minimum atomic E-state index is 0.183. The van der Waals surface area contributed by atoms with Gasteiger partial charge in [0.15, 0.2) is 5.84 Å². The molecule has 0 radical (unpaired) electrons. The summed E-state index contributed by atoms with van der Waals surface area (Å²) in [6.45, 7) is 5.32. The Kier molecular flexibility index (Phi) is 3.22. The van der Waals surface area contributed by atoms with Gasteiger partial charge in [0.1, 0.15) is 0 Å². The average molecular weight is 233 g/mol. The minimum absolute atomic E-state index is 0.183. The highest BCUT2D eigenvalue weighted by molar-refractivity contribution is 6.02. The van der Waals surface area contributed by atoms with Crippen LogP contribution in [0.5, 0.6) is 0 Å². The summed E-state index contributed by atoms with van der Waals surface area (Å²) in [6, 6.07) is 6.42. The number of oxime groups is 1. The molecule has 1 aromatic carbocycles. The molecule has 1 atom stereocenters. The van der Waals surface area contributed by atoms with Crippen LogP contribution in [0, 0.1) is 6.92 Å². The molecular weight excluding hydrogens is 214 g/mol. The molecule has 4 nitrogen and oxygen atoms in total. The van der Waals surface area contributed by atoms with E-state index in [1.165, 1.54) is 18.4 Å². The van der Waals surface area contributed by atoms with Gasteiger partial charge >= 0.3 is 0 Å². The molecular formula is C13H19N3O. The molecule has 0 spiro atoms. The van der Waals surface area contributed by atoms with Crippen molar-refractivity contribution in [3.63, 3.8) is 0 Å². The Labute approximate surface area is 102 Å². The second-order valence-electron chi connectivity index (χ2n) is 4.64. The SMILES string of the molecule is Cc1cccc(/C(N)=N/O)c1N1CCCC1C. The van der Waals surface area contributed by atoms with E-state index in [1.807, 2.05) is 12.1 Å². The van der Waals surface area contributed by atoms with Crippen molar-refractivity contribution < 1.29 is 5.21 Å². The maximum absolute atomic E-state index is 8.86. The van der Waals surface area contributed by atoms with Crippen LogP contribution in [0.1, 0.15) is 30.9 Å². The fraction of sp³-hybridized carbons (Fsp3) is 0.462. The second-order valence-corrected chi connectivity index (χ2v) is 4.64. The van der Waals surface area contributed by atoms with Crippen LogP contribution in [-0.4, -0.2) is 23.6 Å². The monoisotopic (exact) mass is 233 g/mol. The van der Waals surface area contributed by atoms with Crippen molar-refractivity contribution in [2.75, 3.05) is 11.4 Å². The zero-order chi connectivity index (χ0) is 12.4. The van der Waals surface area contributed by atoms with Crippen LogP contribution in [-0.2, 0) is 0 Å². The van der Waals surface area contributed by atoms with E-state index < -0.39 is 0 Å². The first-order chi connectivity index (χ1) is 8.15. The number of hydrogen-bond acceptors (Lipinski definition) is 3. The molecule has 1 aliphatic heterocycles. The predicted molar refractivity (Wildman–Crippen MR) is 69.7 cm³/mol. The smallest absolute Gasteiger partial charge is 0.172 e. The zero-order valence-corrected chi connectivity index (χ0v) is 10.3. The van der Waals surface area contributed by atoms with Crippen molar-refractivity contribution in [2.45, 2.75) is 32.7 Å². The van der Waals surface area contributed by atoms with Crippen LogP contribution in [0.25, 0.3) is 0 Å². The third-order valence-electron chi connectivity index (χ3n) is 3.46. The van der Waals surface area contributed by atoms with Crippen molar-refractivity contribution in [1.29, 1.82) is 0 Å². The van der Waals surface area contributed by atoms with E-state index in [1.54, 1.807) is 0 Å². The first kappa shape index (κ1) is 11.8. The Bertz CT molecular complexity index is 442. The van der Waals surface area contributed by atoms with E-state index in [0.29, 0.717) is 6.04 Å². The molecule has 1 aliphatic rings. The lowest BCUT2D eigenvalue weighted by Crippen LogP contribution is -2.30. The highest BCUT2D eigenvalue weighted by Crippen LogP contribution is 2.31. The summed E-state index contributed by atoms with van der Waals surface area (Å²) in [5.41, 5.74) is 8.84. The van der Waals surface area contributed by atoms with Crippen molar-refractivity contribution in [3.05, 3.63) is 29.3 Å². The maximum Gasteiger partial charge on any atom is 0.172 e. The number of nitrogens with two attached hydrogens (primary N) is 1. The van der Waals surface area contributed by atoms with Gasteiger partial charge in [0, 0.05) is 18.2 Å². The number of aryl methyl sites for hydroxylation is 1. The molecule has 0 aromatic heterocycles. The highest BCUT2D eigenvalue weighted by atomic mass is 16.4. The van der Waals surface area contributed by atoms with Crippen LogP contribution in [0.15, 0.2) is 23.4 Å². The topological polar surface area (TPSA) is 61.9 Å². The van der Waals surface area contributed by atoms with Gasteiger partial charge < -0.3 is 15.8 Å². The number of hydrogen-bond donors (Lipinski definition) is 2. The van der Waals surface area contributed by atoms with E-state index >= 15 is 0 Å². The second kappa shape index (κ2) is 4.65. The van der Waals surface area contributed by atoms with Gasteiger partial charge in [0.2, 0.25) is 0 Å². The van der Waals surface area contributed by atoms with Crippen molar-refractivity contribution in [1.82, 2.24) is 0 Å². The fourth-order valence-electron chi connectivity index (χ4n) is 2.57. The summed E-state index contributed by atoms with van der Waals surface area (Å²) in [4.78, 5) is 2.35. The maximum atomic E-state index is 8.86. The number of rotatable bonds is 2. The molecule has 0 saturated carbocycles. The Morgan fingerprint density at radius 3 is 2.88 bits per heavy atom. The average Bonchev–Trinajstić information content (AvgIpc) is 2.74. The standard InChI is InChI=1S/C13H19N3O/c1-9-5-3-7-11(13(14)15-17)12(9)16-8-4-6-10(16)2/h3,5,7,10,17H,4,6,8H2,1-2H3,(H2,14,15). The quantitative estimate of drug-likeness (QED) is 0.356.